The highest BCUT2D eigenvalue weighted by molar-refractivity contribution is 7.71. The highest BCUT2D eigenvalue weighted by Gasteiger charge is 2.12. The molecule has 28 heavy (non-hydrogen) atoms. The van der Waals surface area contributed by atoms with Crippen LogP contribution >= 0.6 is 12.2 Å². The van der Waals surface area contributed by atoms with E-state index in [4.69, 9.17) is 12.2 Å². The van der Waals surface area contributed by atoms with Crippen molar-refractivity contribution in [1.82, 2.24) is 15.0 Å². The molecule has 0 bridgehead atoms. The van der Waals surface area contributed by atoms with Crippen LogP contribution in [0.25, 0.3) is 5.69 Å². The molecule has 1 heterocycles. The predicted molar refractivity (Wildman–Crippen MR) is 110 cm³/mol. The number of nitrogens with zero attached hydrogens (tertiary/aromatic N) is 2. The summed E-state index contributed by atoms with van der Waals surface area (Å²) in [6, 6.07) is 15.4. The van der Waals surface area contributed by atoms with E-state index in [1.165, 1.54) is 4.57 Å². The van der Waals surface area contributed by atoms with Gasteiger partial charge < -0.3 is 10.4 Å². The summed E-state index contributed by atoms with van der Waals surface area (Å²) >= 11 is 5.15. The lowest BCUT2D eigenvalue weighted by molar-refractivity contribution is 0.252. The molecule has 0 aliphatic carbocycles. The Hall–Kier alpha value is -3.72. The number of aryl methyl sites for hydroxylation is 1. The molecule has 3 rings (SSSR count). The molecule has 0 spiro atoms. The first kappa shape index (κ1) is 19.1. The van der Waals surface area contributed by atoms with Crippen molar-refractivity contribution in [1.29, 1.82) is 0 Å². The fraction of sp³-hybridized carbons (Fsp3) is 0.0526. The van der Waals surface area contributed by atoms with Crippen molar-refractivity contribution in [3.05, 3.63) is 80.8 Å². The second-order valence-corrected chi connectivity index (χ2v) is 6.24. The molecule has 0 atom stereocenters. The number of aromatic hydroxyl groups is 1. The Morgan fingerprint density at radius 3 is 2.54 bits per heavy atom. The Bertz CT molecular complexity index is 1130. The molecule has 142 valence electrons. The van der Waals surface area contributed by atoms with Crippen LogP contribution in [0.15, 0.2) is 64.5 Å². The van der Waals surface area contributed by atoms with E-state index in [0.717, 1.165) is 11.8 Å². The number of hydrogen-bond donors (Lipinski definition) is 4. The van der Waals surface area contributed by atoms with Crippen LogP contribution in [0, 0.1) is 11.7 Å². The zero-order chi connectivity index (χ0) is 20.1. The number of hydrogen-bond acceptors (Lipinski definition) is 5. The van der Waals surface area contributed by atoms with E-state index >= 15 is 0 Å². The summed E-state index contributed by atoms with van der Waals surface area (Å²) in [5.41, 5.74) is 3.67. The van der Waals surface area contributed by atoms with Crippen molar-refractivity contribution < 1.29 is 9.90 Å². The Morgan fingerprint density at radius 2 is 1.86 bits per heavy atom. The quantitative estimate of drug-likeness (QED) is 0.309. The second kappa shape index (κ2) is 8.31. The van der Waals surface area contributed by atoms with Crippen LogP contribution in [0.4, 0.5) is 10.5 Å². The summed E-state index contributed by atoms with van der Waals surface area (Å²) in [6.45, 7) is 1.93. The first-order valence-electron chi connectivity index (χ1n) is 8.26. The van der Waals surface area contributed by atoms with Gasteiger partial charge in [-0.2, -0.15) is 5.10 Å². The van der Waals surface area contributed by atoms with Crippen LogP contribution in [0.5, 0.6) is 5.88 Å². The zero-order valence-corrected chi connectivity index (χ0v) is 15.7. The number of rotatable bonds is 4. The third-order valence-corrected chi connectivity index (χ3v) is 4.09. The van der Waals surface area contributed by atoms with Gasteiger partial charge in [0.2, 0.25) is 5.88 Å². The average Bonchev–Trinajstić information content (AvgIpc) is 2.66. The number of anilines is 1. The minimum absolute atomic E-state index is 0.0401. The van der Waals surface area contributed by atoms with Gasteiger partial charge in [0.25, 0.3) is 5.56 Å². The van der Waals surface area contributed by atoms with Gasteiger partial charge in [-0.3, -0.25) is 14.3 Å². The topological polar surface area (TPSA) is 112 Å². The number of para-hydroxylation sites is 1. The molecule has 0 saturated heterocycles. The molecule has 8 nitrogen and oxygen atoms in total. The summed E-state index contributed by atoms with van der Waals surface area (Å²) in [5, 5.41) is 16.8. The maximum atomic E-state index is 12.2. The summed E-state index contributed by atoms with van der Waals surface area (Å²) < 4.78 is 1.35. The number of nitrogens with one attached hydrogen (secondary N) is 3. The Morgan fingerprint density at radius 1 is 1.18 bits per heavy atom. The highest BCUT2D eigenvalue weighted by atomic mass is 32.1. The van der Waals surface area contributed by atoms with Crippen molar-refractivity contribution in [3.8, 4) is 11.6 Å². The van der Waals surface area contributed by atoms with E-state index in [9.17, 15) is 14.7 Å². The highest BCUT2D eigenvalue weighted by Crippen LogP contribution is 2.18. The molecule has 9 heteroatoms. The maximum Gasteiger partial charge on any atom is 0.339 e. The standard InChI is InChI=1S/C19H17N5O3S/c1-12-7-9-14(10-8-12)24-17(26)15(16(25)22-19(24)28)11-20-23-18(27)21-13-5-3-2-4-6-13/h2-11,26H,1H3,(H2,21,23,27)(H,22,25,28)/b20-11+. The average molecular weight is 395 g/mol. The van der Waals surface area contributed by atoms with Crippen molar-refractivity contribution in [2.75, 3.05) is 5.32 Å². The van der Waals surface area contributed by atoms with Crippen LogP contribution in [-0.4, -0.2) is 26.9 Å². The molecule has 0 aliphatic rings. The van der Waals surface area contributed by atoms with Gasteiger partial charge in [0.1, 0.15) is 5.56 Å². The number of urea groups is 1. The maximum absolute atomic E-state index is 12.2. The number of H-pyrrole nitrogens is 1. The van der Waals surface area contributed by atoms with Gasteiger partial charge in [-0.1, -0.05) is 35.9 Å². The van der Waals surface area contributed by atoms with Crippen LogP contribution in [0.1, 0.15) is 11.1 Å². The zero-order valence-electron chi connectivity index (χ0n) is 14.8. The van der Waals surface area contributed by atoms with Gasteiger partial charge in [-0.15, -0.1) is 0 Å². The molecule has 1 aromatic heterocycles. The fourth-order valence-corrected chi connectivity index (χ4v) is 2.71. The van der Waals surface area contributed by atoms with Gasteiger partial charge >= 0.3 is 6.03 Å². The number of carbonyl (C=O) groups excluding carboxylic acids is 1. The monoisotopic (exact) mass is 395 g/mol. The number of hydrazone groups is 1. The molecule has 2 aromatic carbocycles. The smallest absolute Gasteiger partial charge is 0.339 e. The summed E-state index contributed by atoms with van der Waals surface area (Å²) in [7, 11) is 0. The fourth-order valence-electron chi connectivity index (χ4n) is 2.42. The molecule has 0 radical (unpaired) electrons. The first-order chi connectivity index (χ1) is 13.5. The van der Waals surface area contributed by atoms with E-state index < -0.39 is 11.6 Å². The first-order valence-corrected chi connectivity index (χ1v) is 8.67. The number of aromatic amines is 1. The Kier molecular flexibility index (Phi) is 5.66. The predicted octanol–water partition coefficient (Wildman–Crippen LogP) is 3.06. The van der Waals surface area contributed by atoms with E-state index in [2.05, 4.69) is 20.8 Å². The SMILES string of the molecule is Cc1ccc(-n2c(O)c(/C=N/NC(=O)Nc3ccccc3)c(=O)[nH]c2=S)cc1. The van der Waals surface area contributed by atoms with E-state index in [0.29, 0.717) is 11.4 Å². The van der Waals surface area contributed by atoms with E-state index in [1.54, 1.807) is 36.4 Å². The molecule has 3 aromatic rings. The van der Waals surface area contributed by atoms with Crippen molar-refractivity contribution >= 4 is 30.2 Å². The Balaban J connectivity index is 1.84. The lowest BCUT2D eigenvalue weighted by Crippen LogP contribution is -2.25. The van der Waals surface area contributed by atoms with E-state index in [1.807, 2.05) is 25.1 Å². The Labute approximate surface area is 165 Å². The number of benzene rings is 2. The van der Waals surface area contributed by atoms with Crippen LogP contribution in [0.2, 0.25) is 0 Å². The molecule has 0 fully saturated rings. The summed E-state index contributed by atoms with van der Waals surface area (Å²) in [5.74, 6) is -0.383. The third-order valence-electron chi connectivity index (χ3n) is 3.80. The third kappa shape index (κ3) is 4.33. The van der Waals surface area contributed by atoms with Crippen LogP contribution in [0.3, 0.4) is 0 Å². The lowest BCUT2D eigenvalue weighted by Gasteiger charge is -2.11. The summed E-state index contributed by atoms with van der Waals surface area (Å²) in [4.78, 5) is 26.5. The van der Waals surface area contributed by atoms with Gasteiger partial charge in [-0.25, -0.2) is 10.2 Å². The molecule has 0 aliphatic heterocycles. The molecule has 0 unspecified atom stereocenters. The number of carbonyl (C=O) groups is 1. The van der Waals surface area contributed by atoms with Gasteiger partial charge in [0.15, 0.2) is 4.77 Å². The molecular formula is C19H17N5O3S. The summed E-state index contributed by atoms with van der Waals surface area (Å²) in [6.07, 6.45) is 1.05. The van der Waals surface area contributed by atoms with Crippen LogP contribution in [-0.2, 0) is 0 Å². The second-order valence-electron chi connectivity index (χ2n) is 5.86. The van der Waals surface area contributed by atoms with E-state index in [-0.39, 0.29) is 16.2 Å². The van der Waals surface area contributed by atoms with Gasteiger partial charge in [0.05, 0.1) is 11.9 Å². The number of aromatic nitrogens is 2. The number of amides is 2. The van der Waals surface area contributed by atoms with Crippen molar-refractivity contribution in [2.45, 2.75) is 6.92 Å². The van der Waals surface area contributed by atoms with Gasteiger partial charge in [-0.05, 0) is 43.4 Å². The largest absolute Gasteiger partial charge is 0.494 e. The van der Waals surface area contributed by atoms with Gasteiger partial charge in [0, 0.05) is 5.69 Å². The molecule has 4 N–H and O–H groups in total. The molecule has 2 amide bonds. The normalized spacial score (nSPS) is 10.8. The van der Waals surface area contributed by atoms with Crippen LogP contribution < -0.4 is 16.3 Å². The minimum Gasteiger partial charge on any atom is -0.494 e. The lowest BCUT2D eigenvalue weighted by atomic mass is 10.2. The van der Waals surface area contributed by atoms with Crippen molar-refractivity contribution in [2.24, 2.45) is 5.10 Å². The minimum atomic E-state index is -0.625. The molecular weight excluding hydrogens is 378 g/mol. The molecule has 0 saturated carbocycles. The van der Waals surface area contributed by atoms with Crippen molar-refractivity contribution in [3.63, 3.8) is 0 Å².